The predicted molar refractivity (Wildman–Crippen MR) is 77.5 cm³/mol. The second kappa shape index (κ2) is 7.61. The summed E-state index contributed by atoms with van der Waals surface area (Å²) >= 11 is 9.28. The van der Waals surface area contributed by atoms with Crippen LogP contribution in [0.3, 0.4) is 0 Å². The zero-order chi connectivity index (χ0) is 13.5. The molecule has 0 spiro atoms. The number of halogens is 2. The molecular formula is C12H16BrClN2O2. The number of methoxy groups -OCH3 is 1. The number of benzene rings is 1. The maximum atomic E-state index is 11.7. The van der Waals surface area contributed by atoms with Gasteiger partial charge in [0.05, 0.1) is 17.3 Å². The number of anilines is 1. The Hall–Kier alpha value is -0.780. The van der Waals surface area contributed by atoms with Crippen LogP contribution in [-0.4, -0.2) is 26.1 Å². The van der Waals surface area contributed by atoms with Crippen molar-refractivity contribution in [3.8, 4) is 5.75 Å². The van der Waals surface area contributed by atoms with Crippen LogP contribution in [0.15, 0.2) is 16.6 Å². The van der Waals surface area contributed by atoms with Gasteiger partial charge in [-0.3, -0.25) is 4.79 Å². The fraction of sp³-hybridized carbons (Fsp3) is 0.417. The highest BCUT2D eigenvalue weighted by atomic mass is 79.9. The van der Waals surface area contributed by atoms with Gasteiger partial charge >= 0.3 is 0 Å². The number of carbonyl (C=O) groups excluding carboxylic acids is 1. The molecule has 0 aliphatic rings. The molecule has 100 valence electrons. The van der Waals surface area contributed by atoms with Gasteiger partial charge in [0.25, 0.3) is 0 Å². The molecule has 6 heteroatoms. The Balaban J connectivity index is 2.74. The standard InChI is InChI=1S/C12H16BrClN2O2/c1-3-15-5-4-11(17)16-10-7-8(14)6-9(13)12(10)18-2/h6-7,15H,3-5H2,1-2H3,(H,16,17). The average Bonchev–Trinajstić information content (AvgIpc) is 2.28. The van der Waals surface area contributed by atoms with E-state index in [1.165, 1.54) is 0 Å². The zero-order valence-corrected chi connectivity index (χ0v) is 12.7. The number of hydrogen-bond acceptors (Lipinski definition) is 3. The molecule has 1 amide bonds. The second-order valence-electron chi connectivity index (χ2n) is 3.62. The Kier molecular flexibility index (Phi) is 6.46. The van der Waals surface area contributed by atoms with Crippen LogP contribution in [0.4, 0.5) is 5.69 Å². The van der Waals surface area contributed by atoms with E-state index in [-0.39, 0.29) is 5.91 Å². The highest BCUT2D eigenvalue weighted by Gasteiger charge is 2.11. The van der Waals surface area contributed by atoms with Crippen molar-refractivity contribution >= 4 is 39.1 Å². The van der Waals surface area contributed by atoms with Gasteiger partial charge in [0.2, 0.25) is 5.91 Å². The van der Waals surface area contributed by atoms with Crippen LogP contribution >= 0.6 is 27.5 Å². The van der Waals surface area contributed by atoms with Crippen molar-refractivity contribution < 1.29 is 9.53 Å². The fourth-order valence-corrected chi connectivity index (χ4v) is 2.42. The van der Waals surface area contributed by atoms with E-state index in [0.29, 0.717) is 33.9 Å². The number of rotatable bonds is 6. The summed E-state index contributed by atoms with van der Waals surface area (Å²) in [4.78, 5) is 11.7. The third-order valence-electron chi connectivity index (χ3n) is 2.27. The highest BCUT2D eigenvalue weighted by Crippen LogP contribution is 2.36. The molecule has 1 aromatic carbocycles. The van der Waals surface area contributed by atoms with Crippen LogP contribution in [-0.2, 0) is 4.79 Å². The number of nitrogens with one attached hydrogen (secondary N) is 2. The quantitative estimate of drug-likeness (QED) is 0.786. The van der Waals surface area contributed by atoms with E-state index >= 15 is 0 Å². The van der Waals surface area contributed by atoms with E-state index < -0.39 is 0 Å². The summed E-state index contributed by atoms with van der Waals surface area (Å²) in [6.07, 6.45) is 0.404. The van der Waals surface area contributed by atoms with Crippen molar-refractivity contribution in [2.75, 3.05) is 25.5 Å². The van der Waals surface area contributed by atoms with Crippen LogP contribution in [0.2, 0.25) is 5.02 Å². The SMILES string of the molecule is CCNCCC(=O)Nc1cc(Cl)cc(Br)c1OC. The molecule has 0 heterocycles. The summed E-state index contributed by atoms with van der Waals surface area (Å²) < 4.78 is 5.93. The molecule has 18 heavy (non-hydrogen) atoms. The van der Waals surface area contributed by atoms with Gasteiger partial charge < -0.3 is 15.4 Å². The Morgan fingerprint density at radius 2 is 2.22 bits per heavy atom. The lowest BCUT2D eigenvalue weighted by Crippen LogP contribution is -2.21. The maximum absolute atomic E-state index is 11.7. The minimum atomic E-state index is -0.0802. The van der Waals surface area contributed by atoms with Gasteiger partial charge in [-0.1, -0.05) is 18.5 Å². The smallest absolute Gasteiger partial charge is 0.225 e. The molecule has 0 radical (unpaired) electrons. The minimum absolute atomic E-state index is 0.0802. The predicted octanol–water partition coefficient (Wildman–Crippen LogP) is 3.05. The molecule has 0 fully saturated rings. The monoisotopic (exact) mass is 334 g/mol. The molecule has 2 N–H and O–H groups in total. The van der Waals surface area contributed by atoms with Gasteiger partial charge in [0.15, 0.2) is 5.75 Å². The molecule has 4 nitrogen and oxygen atoms in total. The molecule has 0 saturated carbocycles. The van der Waals surface area contributed by atoms with E-state index in [0.717, 1.165) is 6.54 Å². The Morgan fingerprint density at radius 1 is 1.50 bits per heavy atom. The summed E-state index contributed by atoms with van der Waals surface area (Å²) in [5.41, 5.74) is 0.568. The fourth-order valence-electron chi connectivity index (χ4n) is 1.45. The highest BCUT2D eigenvalue weighted by molar-refractivity contribution is 9.10. The molecule has 0 atom stereocenters. The number of hydrogen-bond donors (Lipinski definition) is 2. The molecule has 0 unspecified atom stereocenters. The summed E-state index contributed by atoms with van der Waals surface area (Å²) in [7, 11) is 1.54. The normalized spacial score (nSPS) is 10.2. The van der Waals surface area contributed by atoms with Gasteiger partial charge in [0.1, 0.15) is 0 Å². The van der Waals surface area contributed by atoms with E-state index in [1.54, 1.807) is 19.2 Å². The number of ether oxygens (including phenoxy) is 1. The number of amides is 1. The first-order valence-electron chi connectivity index (χ1n) is 5.62. The first kappa shape index (κ1) is 15.3. The molecule has 0 aromatic heterocycles. The maximum Gasteiger partial charge on any atom is 0.225 e. The Morgan fingerprint density at radius 3 is 2.83 bits per heavy atom. The summed E-state index contributed by atoms with van der Waals surface area (Å²) in [5.74, 6) is 0.486. The van der Waals surface area contributed by atoms with Gasteiger partial charge in [-0.25, -0.2) is 0 Å². The molecule has 1 rings (SSSR count). The van der Waals surface area contributed by atoms with Gasteiger partial charge in [0, 0.05) is 18.0 Å². The van der Waals surface area contributed by atoms with Crippen molar-refractivity contribution in [3.05, 3.63) is 21.6 Å². The average molecular weight is 336 g/mol. The Labute approximate surface area is 120 Å². The molecular weight excluding hydrogens is 320 g/mol. The van der Waals surface area contributed by atoms with Crippen molar-refractivity contribution in [2.45, 2.75) is 13.3 Å². The van der Waals surface area contributed by atoms with Crippen molar-refractivity contribution in [1.82, 2.24) is 5.32 Å². The van der Waals surface area contributed by atoms with Crippen molar-refractivity contribution in [3.63, 3.8) is 0 Å². The van der Waals surface area contributed by atoms with Crippen molar-refractivity contribution in [2.24, 2.45) is 0 Å². The third kappa shape index (κ3) is 4.48. The van der Waals surface area contributed by atoms with Crippen LogP contribution in [0.1, 0.15) is 13.3 Å². The number of carbonyl (C=O) groups is 1. The molecule has 0 bridgehead atoms. The van der Waals surface area contributed by atoms with E-state index in [1.807, 2.05) is 6.92 Å². The van der Waals surface area contributed by atoms with Crippen LogP contribution in [0.5, 0.6) is 5.75 Å². The topological polar surface area (TPSA) is 50.4 Å². The van der Waals surface area contributed by atoms with E-state index in [4.69, 9.17) is 16.3 Å². The molecule has 0 aliphatic heterocycles. The molecule has 0 saturated heterocycles. The van der Waals surface area contributed by atoms with Crippen molar-refractivity contribution in [1.29, 1.82) is 0 Å². The van der Waals surface area contributed by atoms with Gasteiger partial charge in [-0.15, -0.1) is 0 Å². The summed E-state index contributed by atoms with van der Waals surface area (Å²) in [6, 6.07) is 3.38. The lowest BCUT2D eigenvalue weighted by Gasteiger charge is -2.12. The first-order chi connectivity index (χ1) is 8.58. The molecule has 0 aliphatic carbocycles. The third-order valence-corrected chi connectivity index (χ3v) is 3.07. The zero-order valence-electron chi connectivity index (χ0n) is 10.3. The Bertz CT molecular complexity index is 427. The lowest BCUT2D eigenvalue weighted by atomic mass is 10.2. The van der Waals surface area contributed by atoms with Crippen LogP contribution in [0.25, 0.3) is 0 Å². The van der Waals surface area contributed by atoms with Crippen LogP contribution in [0, 0.1) is 0 Å². The minimum Gasteiger partial charge on any atom is -0.493 e. The second-order valence-corrected chi connectivity index (χ2v) is 4.91. The van der Waals surface area contributed by atoms with Crippen LogP contribution < -0.4 is 15.4 Å². The van der Waals surface area contributed by atoms with Gasteiger partial charge in [-0.05, 0) is 34.6 Å². The van der Waals surface area contributed by atoms with E-state index in [9.17, 15) is 4.79 Å². The van der Waals surface area contributed by atoms with E-state index in [2.05, 4.69) is 26.6 Å². The first-order valence-corrected chi connectivity index (χ1v) is 6.79. The summed E-state index contributed by atoms with van der Waals surface area (Å²) in [6.45, 7) is 3.49. The molecule has 1 aromatic rings. The van der Waals surface area contributed by atoms with Gasteiger partial charge in [-0.2, -0.15) is 0 Å². The summed E-state index contributed by atoms with van der Waals surface area (Å²) in [5, 5.41) is 6.40. The largest absolute Gasteiger partial charge is 0.493 e. The lowest BCUT2D eigenvalue weighted by molar-refractivity contribution is -0.116.